The average molecular weight is 250 g/mol. The molecule has 4 nitrogen and oxygen atoms in total. The molecule has 4 heteroatoms. The van der Waals surface area contributed by atoms with Crippen molar-refractivity contribution < 1.29 is 0 Å². The first-order valence-electron chi connectivity index (χ1n) is 7.00. The SMILES string of the molecule is CCC1(C)CN(CCc2ccnn2C)C(C)CN1. The molecular formula is C14H26N4. The van der Waals surface area contributed by atoms with Crippen LogP contribution in [0, 0.1) is 0 Å². The number of nitrogens with one attached hydrogen (secondary N) is 1. The van der Waals surface area contributed by atoms with Crippen molar-refractivity contribution in [2.24, 2.45) is 7.05 Å². The van der Waals surface area contributed by atoms with E-state index in [4.69, 9.17) is 0 Å². The van der Waals surface area contributed by atoms with Crippen LogP contribution in [0.5, 0.6) is 0 Å². The second-order valence-electron chi connectivity index (χ2n) is 5.81. The summed E-state index contributed by atoms with van der Waals surface area (Å²) in [7, 11) is 2.02. The van der Waals surface area contributed by atoms with E-state index in [1.54, 1.807) is 0 Å². The molecule has 1 N–H and O–H groups in total. The third-order valence-corrected chi connectivity index (χ3v) is 4.36. The van der Waals surface area contributed by atoms with Crippen LogP contribution in [-0.2, 0) is 13.5 Å². The fraction of sp³-hybridized carbons (Fsp3) is 0.786. The molecule has 0 radical (unpaired) electrons. The number of hydrogen-bond donors (Lipinski definition) is 1. The maximum Gasteiger partial charge on any atom is 0.0492 e. The van der Waals surface area contributed by atoms with Gasteiger partial charge in [-0.25, -0.2) is 0 Å². The van der Waals surface area contributed by atoms with Crippen LogP contribution in [0.15, 0.2) is 12.3 Å². The number of nitrogens with zero attached hydrogens (tertiary/aromatic N) is 3. The summed E-state index contributed by atoms with van der Waals surface area (Å²) in [6, 6.07) is 2.74. The Labute approximate surface area is 110 Å². The lowest BCUT2D eigenvalue weighted by molar-refractivity contribution is 0.0939. The molecule has 2 atom stereocenters. The lowest BCUT2D eigenvalue weighted by Crippen LogP contribution is -2.62. The third kappa shape index (κ3) is 2.93. The Kier molecular flexibility index (Phi) is 4.07. The molecule has 1 fully saturated rings. The van der Waals surface area contributed by atoms with Gasteiger partial charge in [-0.3, -0.25) is 9.58 Å². The maximum atomic E-state index is 4.23. The Morgan fingerprint density at radius 3 is 2.94 bits per heavy atom. The standard InChI is InChI=1S/C14H26N4/c1-5-14(3)11-18(12(2)10-15-14)9-7-13-6-8-16-17(13)4/h6,8,12,15H,5,7,9-11H2,1-4H3. The molecule has 2 heterocycles. The van der Waals surface area contributed by atoms with Crippen molar-refractivity contribution in [2.75, 3.05) is 19.6 Å². The van der Waals surface area contributed by atoms with Gasteiger partial charge < -0.3 is 5.32 Å². The van der Waals surface area contributed by atoms with E-state index < -0.39 is 0 Å². The van der Waals surface area contributed by atoms with Gasteiger partial charge in [-0.05, 0) is 26.3 Å². The fourth-order valence-electron chi connectivity index (χ4n) is 2.62. The van der Waals surface area contributed by atoms with Crippen LogP contribution in [0.3, 0.4) is 0 Å². The van der Waals surface area contributed by atoms with Gasteiger partial charge >= 0.3 is 0 Å². The average Bonchev–Trinajstić information content (AvgIpc) is 2.76. The van der Waals surface area contributed by atoms with Crippen molar-refractivity contribution in [3.05, 3.63) is 18.0 Å². The first kappa shape index (κ1) is 13.6. The van der Waals surface area contributed by atoms with E-state index in [1.807, 2.05) is 17.9 Å². The Balaban J connectivity index is 1.93. The van der Waals surface area contributed by atoms with Crippen LogP contribution >= 0.6 is 0 Å². The van der Waals surface area contributed by atoms with Crippen LogP contribution in [0.25, 0.3) is 0 Å². The summed E-state index contributed by atoms with van der Waals surface area (Å²) in [5.41, 5.74) is 1.60. The van der Waals surface area contributed by atoms with Gasteiger partial charge in [0.05, 0.1) is 0 Å². The zero-order chi connectivity index (χ0) is 13.2. The van der Waals surface area contributed by atoms with Gasteiger partial charge in [-0.2, -0.15) is 5.10 Å². The summed E-state index contributed by atoms with van der Waals surface area (Å²) >= 11 is 0. The normalized spacial score (nSPS) is 29.7. The Bertz CT molecular complexity index is 387. The van der Waals surface area contributed by atoms with E-state index in [0.29, 0.717) is 6.04 Å². The van der Waals surface area contributed by atoms with E-state index in [9.17, 15) is 0 Å². The van der Waals surface area contributed by atoms with Crippen molar-refractivity contribution in [2.45, 2.75) is 45.2 Å². The molecule has 0 amide bonds. The number of aryl methyl sites for hydroxylation is 1. The van der Waals surface area contributed by atoms with Crippen molar-refractivity contribution in [3.8, 4) is 0 Å². The molecule has 2 unspecified atom stereocenters. The highest BCUT2D eigenvalue weighted by Gasteiger charge is 2.32. The minimum absolute atomic E-state index is 0.277. The highest BCUT2D eigenvalue weighted by molar-refractivity contribution is 5.01. The van der Waals surface area contributed by atoms with E-state index in [2.05, 4.69) is 42.2 Å². The first-order chi connectivity index (χ1) is 8.54. The van der Waals surface area contributed by atoms with Crippen molar-refractivity contribution >= 4 is 0 Å². The summed E-state index contributed by atoms with van der Waals surface area (Å²) < 4.78 is 1.98. The Morgan fingerprint density at radius 1 is 1.56 bits per heavy atom. The molecular weight excluding hydrogens is 224 g/mol. The maximum absolute atomic E-state index is 4.23. The van der Waals surface area contributed by atoms with E-state index >= 15 is 0 Å². The highest BCUT2D eigenvalue weighted by atomic mass is 15.3. The Hall–Kier alpha value is -0.870. The summed E-state index contributed by atoms with van der Waals surface area (Å²) in [6.45, 7) is 10.3. The molecule has 102 valence electrons. The number of hydrogen-bond acceptors (Lipinski definition) is 3. The van der Waals surface area contributed by atoms with Gasteiger partial charge in [0.2, 0.25) is 0 Å². The summed E-state index contributed by atoms with van der Waals surface area (Å²) in [5, 5.41) is 7.90. The molecule has 0 aliphatic carbocycles. The topological polar surface area (TPSA) is 33.1 Å². The summed E-state index contributed by atoms with van der Waals surface area (Å²) in [5.74, 6) is 0. The molecule has 1 aromatic heterocycles. The molecule has 2 rings (SSSR count). The van der Waals surface area contributed by atoms with Gasteiger partial charge in [0.25, 0.3) is 0 Å². The zero-order valence-electron chi connectivity index (χ0n) is 12.1. The van der Waals surface area contributed by atoms with Gasteiger partial charge in [0, 0.05) is 56.6 Å². The van der Waals surface area contributed by atoms with Gasteiger partial charge in [-0.15, -0.1) is 0 Å². The molecule has 0 bridgehead atoms. The summed E-state index contributed by atoms with van der Waals surface area (Å²) in [4.78, 5) is 2.60. The van der Waals surface area contributed by atoms with Crippen molar-refractivity contribution in [1.29, 1.82) is 0 Å². The van der Waals surface area contributed by atoms with Crippen LogP contribution in [0.4, 0.5) is 0 Å². The predicted octanol–water partition coefficient (Wildman–Crippen LogP) is 1.43. The van der Waals surface area contributed by atoms with Crippen LogP contribution in [0.2, 0.25) is 0 Å². The van der Waals surface area contributed by atoms with Gasteiger partial charge in [-0.1, -0.05) is 6.92 Å². The molecule has 0 aromatic carbocycles. The van der Waals surface area contributed by atoms with Crippen molar-refractivity contribution in [3.63, 3.8) is 0 Å². The third-order valence-electron chi connectivity index (χ3n) is 4.36. The van der Waals surface area contributed by atoms with Gasteiger partial charge in [0.15, 0.2) is 0 Å². The number of rotatable bonds is 4. The minimum Gasteiger partial charge on any atom is -0.309 e. The number of piperazine rings is 1. The first-order valence-corrected chi connectivity index (χ1v) is 7.00. The molecule has 1 saturated heterocycles. The minimum atomic E-state index is 0.277. The predicted molar refractivity (Wildman–Crippen MR) is 74.6 cm³/mol. The van der Waals surface area contributed by atoms with Crippen LogP contribution in [0.1, 0.15) is 32.9 Å². The van der Waals surface area contributed by atoms with Crippen molar-refractivity contribution in [1.82, 2.24) is 20.0 Å². The Morgan fingerprint density at radius 2 is 2.33 bits per heavy atom. The van der Waals surface area contributed by atoms with E-state index in [1.165, 1.54) is 12.1 Å². The quantitative estimate of drug-likeness (QED) is 0.877. The molecule has 1 aliphatic heterocycles. The molecule has 1 aromatic rings. The lowest BCUT2D eigenvalue weighted by Gasteiger charge is -2.45. The fourth-order valence-corrected chi connectivity index (χ4v) is 2.62. The summed E-state index contributed by atoms with van der Waals surface area (Å²) in [6.07, 6.45) is 4.15. The largest absolute Gasteiger partial charge is 0.309 e. The second kappa shape index (κ2) is 5.41. The number of aromatic nitrogens is 2. The van der Waals surface area contributed by atoms with Gasteiger partial charge in [0.1, 0.15) is 0 Å². The highest BCUT2D eigenvalue weighted by Crippen LogP contribution is 2.18. The van der Waals surface area contributed by atoms with E-state index in [-0.39, 0.29) is 5.54 Å². The second-order valence-corrected chi connectivity index (χ2v) is 5.81. The zero-order valence-corrected chi connectivity index (χ0v) is 12.1. The lowest BCUT2D eigenvalue weighted by atomic mass is 9.93. The molecule has 0 spiro atoms. The molecule has 18 heavy (non-hydrogen) atoms. The monoisotopic (exact) mass is 250 g/mol. The molecule has 1 aliphatic rings. The smallest absolute Gasteiger partial charge is 0.0492 e. The van der Waals surface area contributed by atoms with E-state index in [0.717, 1.165) is 26.1 Å². The molecule has 0 saturated carbocycles. The van der Waals surface area contributed by atoms with Crippen LogP contribution < -0.4 is 5.32 Å². The van der Waals surface area contributed by atoms with Crippen LogP contribution in [-0.4, -0.2) is 45.9 Å².